The molecule has 2 aliphatic rings. The molecule has 0 spiro atoms. The summed E-state index contributed by atoms with van der Waals surface area (Å²) in [6.07, 6.45) is 1.22. The van der Waals surface area contributed by atoms with Gasteiger partial charge in [-0.2, -0.15) is 0 Å². The predicted octanol–water partition coefficient (Wildman–Crippen LogP) is 2.41. The predicted molar refractivity (Wildman–Crippen MR) is 101 cm³/mol. The van der Waals surface area contributed by atoms with E-state index in [0.29, 0.717) is 17.6 Å². The Kier molecular flexibility index (Phi) is 5.52. The lowest BCUT2D eigenvalue weighted by molar-refractivity contribution is -0.139. The lowest BCUT2D eigenvalue weighted by Crippen LogP contribution is -2.56. The first-order valence-corrected chi connectivity index (χ1v) is 9.51. The Balaban J connectivity index is 1.57. The van der Waals surface area contributed by atoms with E-state index in [1.165, 1.54) is 6.42 Å². The van der Waals surface area contributed by atoms with E-state index in [4.69, 9.17) is 0 Å². The first kappa shape index (κ1) is 18.1. The normalized spacial score (nSPS) is 26.5. The largest absolute Gasteiger partial charge is 0.506 e. The van der Waals surface area contributed by atoms with Gasteiger partial charge in [0.2, 0.25) is 5.91 Å². The second-order valence-corrected chi connectivity index (χ2v) is 7.88. The second kappa shape index (κ2) is 7.65. The molecule has 138 valence electrons. The molecule has 2 heterocycles. The average molecular weight is 345 g/mol. The average Bonchev–Trinajstić information content (AvgIpc) is 2.60. The number of para-hydroxylation sites is 2. The summed E-state index contributed by atoms with van der Waals surface area (Å²) in [7, 11) is 0. The molecule has 3 rings (SSSR count). The van der Waals surface area contributed by atoms with Gasteiger partial charge in [-0.05, 0) is 37.3 Å². The van der Waals surface area contributed by atoms with Crippen LogP contribution in [0.4, 0.5) is 5.69 Å². The number of likely N-dealkylation sites (tertiary alicyclic amines) is 1. The zero-order valence-corrected chi connectivity index (χ0v) is 15.7. The van der Waals surface area contributed by atoms with Gasteiger partial charge in [-0.1, -0.05) is 26.0 Å². The number of hydrogen-bond acceptors (Lipinski definition) is 4. The number of aromatic hydroxyl groups is 1. The van der Waals surface area contributed by atoms with E-state index >= 15 is 0 Å². The van der Waals surface area contributed by atoms with Gasteiger partial charge in [-0.3, -0.25) is 9.69 Å². The molecule has 2 saturated heterocycles. The molecule has 25 heavy (non-hydrogen) atoms. The van der Waals surface area contributed by atoms with Crippen molar-refractivity contribution in [2.45, 2.75) is 33.2 Å². The first-order chi connectivity index (χ1) is 12.0. The lowest BCUT2D eigenvalue weighted by Gasteiger charge is -2.42. The van der Waals surface area contributed by atoms with Gasteiger partial charge in [0.15, 0.2) is 0 Å². The Morgan fingerprint density at radius 3 is 2.28 bits per heavy atom. The fourth-order valence-corrected chi connectivity index (χ4v) is 4.34. The van der Waals surface area contributed by atoms with Crippen LogP contribution >= 0.6 is 0 Å². The number of carbonyl (C=O) groups is 1. The van der Waals surface area contributed by atoms with Gasteiger partial charge in [0.25, 0.3) is 0 Å². The maximum absolute atomic E-state index is 12.9. The summed E-state index contributed by atoms with van der Waals surface area (Å²) in [4.78, 5) is 19.5. The van der Waals surface area contributed by atoms with Crippen molar-refractivity contribution < 1.29 is 9.90 Å². The topological polar surface area (TPSA) is 47.0 Å². The minimum absolute atomic E-state index is 0.0657. The van der Waals surface area contributed by atoms with Gasteiger partial charge in [0, 0.05) is 39.3 Å². The van der Waals surface area contributed by atoms with E-state index in [-0.39, 0.29) is 11.9 Å². The van der Waals surface area contributed by atoms with E-state index in [9.17, 15) is 9.90 Å². The van der Waals surface area contributed by atoms with Gasteiger partial charge in [0.05, 0.1) is 11.7 Å². The van der Waals surface area contributed by atoms with E-state index in [1.807, 2.05) is 25.1 Å². The molecule has 1 aromatic rings. The third kappa shape index (κ3) is 4.09. The van der Waals surface area contributed by atoms with Crippen molar-refractivity contribution in [3.8, 4) is 5.75 Å². The van der Waals surface area contributed by atoms with Crippen LogP contribution in [-0.2, 0) is 4.79 Å². The van der Waals surface area contributed by atoms with Crippen molar-refractivity contribution in [2.24, 2.45) is 11.8 Å². The summed E-state index contributed by atoms with van der Waals surface area (Å²) in [5.41, 5.74) is 0.889. The van der Waals surface area contributed by atoms with Crippen molar-refractivity contribution in [3.05, 3.63) is 24.3 Å². The Hall–Kier alpha value is -1.75. The number of anilines is 1. The number of hydrogen-bond donors (Lipinski definition) is 1. The number of carbonyl (C=O) groups excluding carboxylic acids is 1. The molecule has 0 radical (unpaired) electrons. The molecule has 2 aliphatic heterocycles. The minimum Gasteiger partial charge on any atom is -0.506 e. The van der Waals surface area contributed by atoms with Crippen molar-refractivity contribution in [3.63, 3.8) is 0 Å². The van der Waals surface area contributed by atoms with Crippen molar-refractivity contribution in [1.82, 2.24) is 9.80 Å². The number of nitrogens with zero attached hydrogens (tertiary/aromatic N) is 3. The highest BCUT2D eigenvalue weighted by Gasteiger charge is 2.32. The number of phenols is 1. The van der Waals surface area contributed by atoms with E-state index in [1.54, 1.807) is 6.07 Å². The van der Waals surface area contributed by atoms with E-state index in [2.05, 4.69) is 28.5 Å². The molecule has 0 bridgehead atoms. The van der Waals surface area contributed by atoms with Gasteiger partial charge in [-0.25, -0.2) is 0 Å². The molecule has 0 aliphatic carbocycles. The lowest BCUT2D eigenvalue weighted by atomic mass is 9.91. The fourth-order valence-electron chi connectivity index (χ4n) is 4.34. The van der Waals surface area contributed by atoms with Gasteiger partial charge < -0.3 is 14.9 Å². The highest BCUT2D eigenvalue weighted by Crippen LogP contribution is 2.28. The molecule has 5 nitrogen and oxygen atoms in total. The number of rotatable bonds is 3. The number of amides is 1. The summed E-state index contributed by atoms with van der Waals surface area (Å²) in [6, 6.07) is 7.41. The summed E-state index contributed by atoms with van der Waals surface area (Å²) >= 11 is 0. The molecule has 1 N–H and O–H groups in total. The standard InChI is InChI=1S/C20H31N3O2/c1-15-12-16(2)14-23(13-15)20(25)17(3)21-8-10-22(11-9-21)18-6-4-5-7-19(18)24/h4-7,15-17,24H,8-14H2,1-3H3. The van der Waals surface area contributed by atoms with Crippen LogP contribution in [0.25, 0.3) is 0 Å². The molecule has 1 amide bonds. The van der Waals surface area contributed by atoms with Gasteiger partial charge in [-0.15, -0.1) is 0 Å². The number of phenolic OH excluding ortho intramolecular Hbond substituents is 1. The van der Waals surface area contributed by atoms with Crippen LogP contribution in [0.3, 0.4) is 0 Å². The highest BCUT2D eigenvalue weighted by molar-refractivity contribution is 5.81. The van der Waals surface area contributed by atoms with Crippen molar-refractivity contribution in [1.29, 1.82) is 0 Å². The maximum atomic E-state index is 12.9. The molecule has 0 aromatic heterocycles. The quantitative estimate of drug-likeness (QED) is 0.914. The van der Waals surface area contributed by atoms with Crippen molar-refractivity contribution >= 4 is 11.6 Å². The SMILES string of the molecule is CC1CC(C)CN(C(=O)C(C)N2CCN(c3ccccc3O)CC2)C1. The number of benzene rings is 1. The zero-order valence-electron chi connectivity index (χ0n) is 15.7. The zero-order chi connectivity index (χ0) is 18.0. The van der Waals surface area contributed by atoms with Crippen LogP contribution in [-0.4, -0.2) is 66.1 Å². The van der Waals surface area contributed by atoms with Crippen LogP contribution in [0.1, 0.15) is 27.2 Å². The molecule has 0 saturated carbocycles. The van der Waals surface area contributed by atoms with Crippen LogP contribution in [0.5, 0.6) is 5.75 Å². The highest BCUT2D eigenvalue weighted by atomic mass is 16.3. The number of piperazine rings is 1. The third-order valence-corrected chi connectivity index (χ3v) is 5.62. The summed E-state index contributed by atoms with van der Waals surface area (Å²) < 4.78 is 0. The molecule has 2 fully saturated rings. The third-order valence-electron chi connectivity index (χ3n) is 5.62. The fraction of sp³-hybridized carbons (Fsp3) is 0.650. The Morgan fingerprint density at radius 2 is 1.68 bits per heavy atom. The molecule has 3 atom stereocenters. The molecule has 1 aromatic carbocycles. The van der Waals surface area contributed by atoms with Crippen LogP contribution in [0.2, 0.25) is 0 Å². The van der Waals surface area contributed by atoms with Gasteiger partial charge >= 0.3 is 0 Å². The second-order valence-electron chi connectivity index (χ2n) is 7.88. The monoisotopic (exact) mass is 345 g/mol. The van der Waals surface area contributed by atoms with Crippen LogP contribution in [0, 0.1) is 11.8 Å². The molecule has 3 unspecified atom stereocenters. The van der Waals surface area contributed by atoms with Crippen LogP contribution < -0.4 is 4.90 Å². The first-order valence-electron chi connectivity index (χ1n) is 9.51. The Bertz CT molecular complexity index is 588. The molecule has 5 heteroatoms. The Labute approximate surface area is 151 Å². The van der Waals surface area contributed by atoms with E-state index in [0.717, 1.165) is 45.0 Å². The van der Waals surface area contributed by atoms with Crippen LogP contribution in [0.15, 0.2) is 24.3 Å². The summed E-state index contributed by atoms with van der Waals surface area (Å²) in [5.74, 6) is 1.79. The minimum atomic E-state index is -0.0657. The summed E-state index contributed by atoms with van der Waals surface area (Å²) in [5, 5.41) is 10.0. The molecular formula is C20H31N3O2. The molecular weight excluding hydrogens is 314 g/mol. The maximum Gasteiger partial charge on any atom is 0.239 e. The number of piperidine rings is 1. The van der Waals surface area contributed by atoms with Gasteiger partial charge in [0.1, 0.15) is 5.75 Å². The van der Waals surface area contributed by atoms with E-state index < -0.39 is 0 Å². The van der Waals surface area contributed by atoms with Crippen molar-refractivity contribution in [2.75, 3.05) is 44.2 Å². The Morgan fingerprint density at radius 1 is 1.08 bits per heavy atom. The smallest absolute Gasteiger partial charge is 0.239 e. The summed E-state index contributed by atoms with van der Waals surface area (Å²) in [6.45, 7) is 11.7.